The van der Waals surface area contributed by atoms with Crippen LogP contribution in [0.3, 0.4) is 0 Å². The van der Waals surface area contributed by atoms with E-state index in [0.717, 1.165) is 39.0 Å². The van der Waals surface area contributed by atoms with Crippen molar-refractivity contribution >= 4 is 0 Å². The fraction of sp³-hybridized carbons (Fsp3) is 0.833. The summed E-state index contributed by atoms with van der Waals surface area (Å²) >= 11 is 0. The molecule has 1 aromatic rings. The molecule has 0 aliphatic carbocycles. The number of rotatable bonds is 5. The van der Waals surface area contributed by atoms with Gasteiger partial charge in [-0.3, -0.25) is 4.68 Å². The maximum absolute atomic E-state index is 5.70. The van der Waals surface area contributed by atoms with Crippen molar-refractivity contribution in [3.05, 3.63) is 12.4 Å². The fourth-order valence-electron chi connectivity index (χ4n) is 2.31. The van der Waals surface area contributed by atoms with Crippen molar-refractivity contribution in [2.75, 3.05) is 13.2 Å². The third-order valence-corrected chi connectivity index (χ3v) is 3.17. The van der Waals surface area contributed by atoms with Crippen LogP contribution in [0, 0.1) is 0 Å². The summed E-state index contributed by atoms with van der Waals surface area (Å²) in [5, 5.41) is 11.3. The fourth-order valence-corrected chi connectivity index (χ4v) is 2.31. The van der Waals surface area contributed by atoms with Crippen LogP contribution >= 0.6 is 0 Å². The Morgan fingerprint density at radius 2 is 2.41 bits per heavy atom. The number of nitrogens with one attached hydrogen (secondary N) is 1. The summed E-state index contributed by atoms with van der Waals surface area (Å²) < 4.78 is 7.57. The minimum Gasteiger partial charge on any atom is -0.375 e. The number of ether oxygens (including phenoxy) is 1. The molecule has 2 heterocycles. The highest BCUT2D eigenvalue weighted by molar-refractivity contribution is 4.82. The molecule has 2 rings (SSSR count). The third kappa shape index (κ3) is 4.09. The zero-order valence-corrected chi connectivity index (χ0v) is 10.7. The lowest BCUT2D eigenvalue weighted by Gasteiger charge is -2.36. The van der Waals surface area contributed by atoms with Gasteiger partial charge >= 0.3 is 0 Å². The van der Waals surface area contributed by atoms with E-state index in [1.807, 2.05) is 10.9 Å². The molecule has 0 saturated carbocycles. The maximum atomic E-state index is 5.70. The molecule has 0 bridgehead atoms. The van der Waals surface area contributed by atoms with Crippen LogP contribution in [-0.2, 0) is 11.3 Å². The molecule has 17 heavy (non-hydrogen) atoms. The van der Waals surface area contributed by atoms with Gasteiger partial charge in [0.05, 0.1) is 11.8 Å². The lowest BCUT2D eigenvalue weighted by molar-refractivity contribution is -0.0628. The molecule has 5 nitrogen and oxygen atoms in total. The molecule has 1 fully saturated rings. The Balaban J connectivity index is 1.62. The molecule has 0 aromatic carbocycles. The number of aryl methyl sites for hydroxylation is 1. The molecule has 1 atom stereocenters. The summed E-state index contributed by atoms with van der Waals surface area (Å²) in [7, 11) is 0. The summed E-state index contributed by atoms with van der Waals surface area (Å²) in [5.74, 6) is 0. The Bertz CT molecular complexity index is 323. The van der Waals surface area contributed by atoms with Gasteiger partial charge < -0.3 is 10.1 Å². The van der Waals surface area contributed by atoms with Gasteiger partial charge in [-0.15, -0.1) is 5.10 Å². The molecule has 1 saturated heterocycles. The van der Waals surface area contributed by atoms with Crippen LogP contribution in [0.2, 0.25) is 0 Å². The summed E-state index contributed by atoms with van der Waals surface area (Å²) in [6.07, 6.45) is 6.91. The molecule has 1 aromatic heterocycles. The highest BCUT2D eigenvalue weighted by Crippen LogP contribution is 2.23. The second kappa shape index (κ2) is 5.60. The predicted octanol–water partition coefficient (Wildman–Crippen LogP) is 1.22. The molecular formula is C12H22N4O. The van der Waals surface area contributed by atoms with Gasteiger partial charge in [-0.2, -0.15) is 0 Å². The first-order valence-electron chi connectivity index (χ1n) is 6.37. The van der Waals surface area contributed by atoms with E-state index in [2.05, 4.69) is 29.5 Å². The van der Waals surface area contributed by atoms with Crippen molar-refractivity contribution in [1.29, 1.82) is 0 Å². The molecule has 1 aliphatic rings. The number of hydrogen-bond acceptors (Lipinski definition) is 4. The standard InChI is InChI=1S/C12H22N4O/c1-12(2)10-11(4-9-17-12)13-5-3-7-16-8-6-14-15-16/h6,8,11,13H,3-5,7,9-10H2,1-2H3. The van der Waals surface area contributed by atoms with E-state index in [1.165, 1.54) is 0 Å². The Kier molecular flexibility index (Phi) is 4.12. The molecule has 0 amide bonds. The first-order chi connectivity index (χ1) is 8.16. The van der Waals surface area contributed by atoms with Crippen LogP contribution in [0.5, 0.6) is 0 Å². The quantitative estimate of drug-likeness (QED) is 0.784. The lowest BCUT2D eigenvalue weighted by atomic mass is 9.94. The highest BCUT2D eigenvalue weighted by atomic mass is 16.5. The van der Waals surface area contributed by atoms with Gasteiger partial charge in [0.15, 0.2) is 0 Å². The van der Waals surface area contributed by atoms with Crippen LogP contribution in [0.4, 0.5) is 0 Å². The third-order valence-electron chi connectivity index (χ3n) is 3.17. The average Bonchev–Trinajstić information content (AvgIpc) is 2.76. The van der Waals surface area contributed by atoms with E-state index < -0.39 is 0 Å². The summed E-state index contributed by atoms with van der Waals surface area (Å²) in [5.41, 5.74) is 0.0296. The molecule has 1 aliphatic heterocycles. The molecule has 96 valence electrons. The zero-order valence-electron chi connectivity index (χ0n) is 10.7. The van der Waals surface area contributed by atoms with Gasteiger partial charge in [0, 0.05) is 25.4 Å². The summed E-state index contributed by atoms with van der Waals surface area (Å²) in [6, 6.07) is 0.592. The van der Waals surface area contributed by atoms with Gasteiger partial charge in [-0.25, -0.2) is 0 Å². The molecule has 0 radical (unpaired) electrons. The summed E-state index contributed by atoms with van der Waals surface area (Å²) in [4.78, 5) is 0. The van der Waals surface area contributed by atoms with Crippen molar-refractivity contribution < 1.29 is 4.74 Å². The van der Waals surface area contributed by atoms with Gasteiger partial charge in [0.2, 0.25) is 0 Å². The molecule has 1 N–H and O–H groups in total. The Labute approximate surface area is 103 Å². The predicted molar refractivity (Wildman–Crippen MR) is 65.7 cm³/mol. The van der Waals surface area contributed by atoms with Crippen molar-refractivity contribution in [1.82, 2.24) is 20.3 Å². The second-order valence-electron chi connectivity index (χ2n) is 5.27. The Hall–Kier alpha value is -0.940. The smallest absolute Gasteiger partial charge is 0.0692 e. The SMILES string of the molecule is CC1(C)CC(NCCCn2ccnn2)CCO1. The van der Waals surface area contributed by atoms with Crippen molar-refractivity contribution in [3.8, 4) is 0 Å². The van der Waals surface area contributed by atoms with Crippen molar-refractivity contribution in [3.63, 3.8) is 0 Å². The van der Waals surface area contributed by atoms with Crippen LogP contribution in [0.25, 0.3) is 0 Å². The van der Waals surface area contributed by atoms with E-state index >= 15 is 0 Å². The van der Waals surface area contributed by atoms with Crippen LogP contribution in [-0.4, -0.2) is 39.8 Å². The van der Waals surface area contributed by atoms with E-state index in [1.54, 1.807) is 6.20 Å². The van der Waals surface area contributed by atoms with E-state index in [0.29, 0.717) is 6.04 Å². The first kappa shape index (κ1) is 12.5. The van der Waals surface area contributed by atoms with Gasteiger partial charge in [0.25, 0.3) is 0 Å². The first-order valence-corrected chi connectivity index (χ1v) is 6.37. The van der Waals surface area contributed by atoms with E-state index in [9.17, 15) is 0 Å². The van der Waals surface area contributed by atoms with Gasteiger partial charge in [0.1, 0.15) is 0 Å². The lowest BCUT2D eigenvalue weighted by Crippen LogP contribution is -2.44. The minimum atomic E-state index is 0.0296. The van der Waals surface area contributed by atoms with E-state index in [4.69, 9.17) is 4.74 Å². The molecule has 1 unspecified atom stereocenters. The van der Waals surface area contributed by atoms with Crippen LogP contribution in [0.15, 0.2) is 12.4 Å². The molecule has 5 heteroatoms. The van der Waals surface area contributed by atoms with Crippen molar-refractivity contribution in [2.24, 2.45) is 0 Å². The Morgan fingerprint density at radius 1 is 1.53 bits per heavy atom. The monoisotopic (exact) mass is 238 g/mol. The van der Waals surface area contributed by atoms with Crippen LogP contribution in [0.1, 0.15) is 33.1 Å². The molecular weight excluding hydrogens is 216 g/mol. The minimum absolute atomic E-state index is 0.0296. The van der Waals surface area contributed by atoms with Crippen molar-refractivity contribution in [2.45, 2.75) is 51.3 Å². The number of nitrogens with zero attached hydrogens (tertiary/aromatic N) is 3. The largest absolute Gasteiger partial charge is 0.375 e. The second-order valence-corrected chi connectivity index (χ2v) is 5.27. The normalized spacial score (nSPS) is 23.8. The molecule has 0 spiro atoms. The Morgan fingerprint density at radius 3 is 3.12 bits per heavy atom. The van der Waals surface area contributed by atoms with Crippen LogP contribution < -0.4 is 5.32 Å². The zero-order chi connectivity index (χ0) is 12.1. The number of hydrogen-bond donors (Lipinski definition) is 1. The summed E-state index contributed by atoms with van der Waals surface area (Å²) in [6.45, 7) is 7.15. The van der Waals surface area contributed by atoms with Gasteiger partial charge in [-0.05, 0) is 39.7 Å². The van der Waals surface area contributed by atoms with Gasteiger partial charge in [-0.1, -0.05) is 5.21 Å². The highest BCUT2D eigenvalue weighted by Gasteiger charge is 2.28. The van der Waals surface area contributed by atoms with E-state index in [-0.39, 0.29) is 5.60 Å². The number of aromatic nitrogens is 3. The average molecular weight is 238 g/mol. The maximum Gasteiger partial charge on any atom is 0.0692 e. The topological polar surface area (TPSA) is 52.0 Å².